The zero-order valence-electron chi connectivity index (χ0n) is 11.5. The Morgan fingerprint density at radius 3 is 2.90 bits per heavy atom. The summed E-state index contributed by atoms with van der Waals surface area (Å²) in [6, 6.07) is 1.51. The quantitative estimate of drug-likeness (QED) is 0.675. The fourth-order valence-electron chi connectivity index (χ4n) is 1.45. The van der Waals surface area contributed by atoms with E-state index in [9.17, 15) is 4.79 Å². The van der Waals surface area contributed by atoms with Crippen molar-refractivity contribution in [2.45, 2.75) is 12.8 Å². The summed E-state index contributed by atoms with van der Waals surface area (Å²) in [5, 5.41) is 3.07. The van der Waals surface area contributed by atoms with Gasteiger partial charge in [-0.15, -0.1) is 0 Å². The van der Waals surface area contributed by atoms with E-state index in [0.29, 0.717) is 31.9 Å². The van der Waals surface area contributed by atoms with E-state index < -0.39 is 0 Å². The molecule has 0 spiro atoms. The Kier molecular flexibility index (Phi) is 7.94. The molecule has 0 unspecified atom stereocenters. The maximum absolute atomic E-state index is 11.8. The first-order chi connectivity index (χ1) is 9.65. The molecule has 0 radical (unpaired) electrons. The van der Waals surface area contributed by atoms with Crippen LogP contribution in [0.5, 0.6) is 0 Å². The number of hydrogen-bond donors (Lipinski definition) is 2. The summed E-state index contributed by atoms with van der Waals surface area (Å²) < 4.78 is 10.2. The van der Waals surface area contributed by atoms with Gasteiger partial charge in [0.2, 0.25) is 0 Å². The molecular formula is C13H20ClN3O3. The molecule has 112 valence electrons. The van der Waals surface area contributed by atoms with Gasteiger partial charge in [0.1, 0.15) is 5.82 Å². The second kappa shape index (κ2) is 9.52. The fourth-order valence-corrected chi connectivity index (χ4v) is 1.62. The number of aromatic nitrogens is 1. The van der Waals surface area contributed by atoms with Crippen LogP contribution in [0.2, 0.25) is 5.02 Å². The first-order valence-electron chi connectivity index (χ1n) is 6.41. The number of carbonyl (C=O) groups excluding carboxylic acids is 1. The lowest BCUT2D eigenvalue weighted by Crippen LogP contribution is -2.25. The van der Waals surface area contributed by atoms with Gasteiger partial charge in [-0.05, 0) is 18.9 Å². The summed E-state index contributed by atoms with van der Waals surface area (Å²) in [5.74, 6) is 0.0103. The lowest BCUT2D eigenvalue weighted by molar-refractivity contribution is 0.0686. The van der Waals surface area contributed by atoms with Crippen LogP contribution in [0.1, 0.15) is 23.2 Å². The molecule has 1 heterocycles. The first kappa shape index (κ1) is 16.7. The molecule has 0 atom stereocenters. The maximum Gasteiger partial charge on any atom is 0.252 e. The molecule has 1 rings (SSSR count). The number of unbranched alkanes of at least 4 members (excludes halogenated alkanes) is 1. The van der Waals surface area contributed by atoms with E-state index in [2.05, 4.69) is 10.3 Å². The van der Waals surface area contributed by atoms with Crippen molar-refractivity contribution in [3.05, 3.63) is 22.8 Å². The van der Waals surface area contributed by atoms with Crippen molar-refractivity contribution >= 4 is 23.3 Å². The molecule has 0 aliphatic carbocycles. The van der Waals surface area contributed by atoms with E-state index in [-0.39, 0.29) is 16.7 Å². The molecule has 0 fully saturated rings. The number of amides is 1. The Balaban J connectivity index is 2.15. The van der Waals surface area contributed by atoms with Gasteiger partial charge in [0, 0.05) is 26.5 Å². The lowest BCUT2D eigenvalue weighted by Gasteiger charge is -2.06. The largest absolute Gasteiger partial charge is 0.382 e. The highest BCUT2D eigenvalue weighted by atomic mass is 35.5. The summed E-state index contributed by atoms with van der Waals surface area (Å²) in [7, 11) is 1.64. The van der Waals surface area contributed by atoms with Crippen LogP contribution in [-0.2, 0) is 9.47 Å². The Labute approximate surface area is 123 Å². The van der Waals surface area contributed by atoms with E-state index in [1.807, 2.05) is 0 Å². The first-order valence-corrected chi connectivity index (χ1v) is 6.79. The molecule has 0 bridgehead atoms. The van der Waals surface area contributed by atoms with Gasteiger partial charge in [0.15, 0.2) is 0 Å². The van der Waals surface area contributed by atoms with Crippen LogP contribution in [0, 0.1) is 0 Å². The molecular weight excluding hydrogens is 282 g/mol. The van der Waals surface area contributed by atoms with Crippen molar-refractivity contribution in [1.82, 2.24) is 10.3 Å². The minimum Gasteiger partial charge on any atom is -0.382 e. The standard InChI is InChI=1S/C13H20ClN3O3/c1-19-6-7-20-5-3-2-4-16-13(18)10-8-11(14)12(15)17-9-10/h8-9H,2-7H2,1H3,(H2,15,17)(H,16,18). The summed E-state index contributed by atoms with van der Waals surface area (Å²) >= 11 is 5.81. The number of nitrogen functional groups attached to an aromatic ring is 1. The maximum atomic E-state index is 11.8. The molecule has 0 aliphatic rings. The molecule has 0 aromatic carbocycles. The lowest BCUT2D eigenvalue weighted by atomic mass is 10.2. The SMILES string of the molecule is COCCOCCCCNC(=O)c1cnc(N)c(Cl)c1. The zero-order valence-corrected chi connectivity index (χ0v) is 12.3. The normalized spacial score (nSPS) is 10.5. The van der Waals surface area contributed by atoms with E-state index >= 15 is 0 Å². The van der Waals surface area contributed by atoms with Crippen LogP contribution in [-0.4, -0.2) is 44.4 Å². The van der Waals surface area contributed by atoms with Crippen LogP contribution >= 0.6 is 11.6 Å². The Hall–Kier alpha value is -1.37. The van der Waals surface area contributed by atoms with Crippen LogP contribution in [0.3, 0.4) is 0 Å². The molecule has 6 nitrogen and oxygen atoms in total. The van der Waals surface area contributed by atoms with Gasteiger partial charge in [-0.1, -0.05) is 11.6 Å². The highest BCUT2D eigenvalue weighted by Crippen LogP contribution is 2.16. The number of hydrogen-bond acceptors (Lipinski definition) is 5. The number of nitrogens with two attached hydrogens (primary N) is 1. The van der Waals surface area contributed by atoms with Gasteiger partial charge in [-0.2, -0.15) is 0 Å². The van der Waals surface area contributed by atoms with Crippen molar-refractivity contribution in [2.75, 3.05) is 39.2 Å². The smallest absolute Gasteiger partial charge is 0.252 e. The highest BCUT2D eigenvalue weighted by molar-refractivity contribution is 6.33. The monoisotopic (exact) mass is 301 g/mol. The number of carbonyl (C=O) groups is 1. The summed E-state index contributed by atoms with van der Waals surface area (Å²) in [6.07, 6.45) is 3.13. The summed E-state index contributed by atoms with van der Waals surface area (Å²) in [4.78, 5) is 15.6. The number of nitrogens with one attached hydrogen (secondary N) is 1. The molecule has 0 saturated heterocycles. The molecule has 0 aliphatic heterocycles. The Morgan fingerprint density at radius 1 is 1.40 bits per heavy atom. The highest BCUT2D eigenvalue weighted by Gasteiger charge is 2.07. The second-order valence-corrected chi connectivity index (χ2v) is 4.57. The van der Waals surface area contributed by atoms with Gasteiger partial charge < -0.3 is 20.5 Å². The predicted molar refractivity (Wildman–Crippen MR) is 77.9 cm³/mol. The minimum atomic E-state index is -0.209. The molecule has 20 heavy (non-hydrogen) atoms. The topological polar surface area (TPSA) is 86.5 Å². The summed E-state index contributed by atoms with van der Waals surface area (Å²) in [5.41, 5.74) is 5.88. The van der Waals surface area contributed by atoms with Crippen LogP contribution in [0.25, 0.3) is 0 Å². The van der Waals surface area contributed by atoms with Crippen molar-refractivity contribution in [3.8, 4) is 0 Å². The number of nitrogens with zero attached hydrogens (tertiary/aromatic N) is 1. The number of ether oxygens (including phenoxy) is 2. The van der Waals surface area contributed by atoms with E-state index in [1.54, 1.807) is 7.11 Å². The van der Waals surface area contributed by atoms with Gasteiger partial charge in [-0.25, -0.2) is 4.98 Å². The molecule has 7 heteroatoms. The fraction of sp³-hybridized carbons (Fsp3) is 0.538. The molecule has 3 N–H and O–H groups in total. The second-order valence-electron chi connectivity index (χ2n) is 4.16. The summed E-state index contributed by atoms with van der Waals surface area (Å²) in [6.45, 7) is 2.43. The third-order valence-electron chi connectivity index (χ3n) is 2.56. The average Bonchev–Trinajstić information content (AvgIpc) is 2.44. The van der Waals surface area contributed by atoms with Gasteiger partial charge in [0.05, 0.1) is 23.8 Å². The van der Waals surface area contributed by atoms with Gasteiger partial charge in [-0.3, -0.25) is 4.79 Å². The third kappa shape index (κ3) is 6.18. The van der Waals surface area contributed by atoms with Crippen molar-refractivity contribution in [1.29, 1.82) is 0 Å². The number of halogens is 1. The zero-order chi connectivity index (χ0) is 14.8. The van der Waals surface area contributed by atoms with Crippen LogP contribution in [0.4, 0.5) is 5.82 Å². The van der Waals surface area contributed by atoms with Crippen LogP contribution in [0.15, 0.2) is 12.3 Å². The molecule has 1 amide bonds. The minimum absolute atomic E-state index is 0.209. The Bertz CT molecular complexity index is 429. The van der Waals surface area contributed by atoms with Crippen molar-refractivity contribution in [2.24, 2.45) is 0 Å². The van der Waals surface area contributed by atoms with E-state index in [4.69, 9.17) is 26.8 Å². The van der Waals surface area contributed by atoms with Crippen molar-refractivity contribution in [3.63, 3.8) is 0 Å². The van der Waals surface area contributed by atoms with Crippen molar-refractivity contribution < 1.29 is 14.3 Å². The predicted octanol–water partition coefficient (Wildman–Crippen LogP) is 1.49. The van der Waals surface area contributed by atoms with Gasteiger partial charge >= 0.3 is 0 Å². The number of pyridine rings is 1. The number of rotatable bonds is 9. The van der Waals surface area contributed by atoms with Crippen LogP contribution < -0.4 is 11.1 Å². The average molecular weight is 302 g/mol. The van der Waals surface area contributed by atoms with Gasteiger partial charge in [0.25, 0.3) is 5.91 Å². The third-order valence-corrected chi connectivity index (χ3v) is 2.87. The number of methoxy groups -OCH3 is 1. The van der Waals surface area contributed by atoms with E-state index in [0.717, 1.165) is 12.8 Å². The molecule has 1 aromatic rings. The number of anilines is 1. The van der Waals surface area contributed by atoms with E-state index in [1.165, 1.54) is 12.3 Å². The molecule has 0 saturated carbocycles. The molecule has 1 aromatic heterocycles. The Morgan fingerprint density at radius 2 is 2.20 bits per heavy atom.